The van der Waals surface area contributed by atoms with Crippen LogP contribution >= 0.6 is 34.0 Å². The number of thiophene rings is 3. The van der Waals surface area contributed by atoms with E-state index in [9.17, 15) is 21.0 Å². The van der Waals surface area contributed by atoms with Crippen LogP contribution in [-0.4, -0.2) is 0 Å². The molecule has 0 amide bonds. The monoisotopic (exact) mass is 592 g/mol. The smallest absolute Gasteiger partial charge is 0.146 e. The minimum Gasteiger partial charge on any atom is -0.192 e. The second-order valence-electron chi connectivity index (χ2n) is 10.1. The molecule has 0 atom stereocenters. The number of nitrogens with zero attached hydrogens (tertiary/aromatic N) is 4. The SMILES string of the molecule is CCCCCCc1cc2/c(=c3\ccc(=C(C#N)C#N)s3)s/c(=c3\ccc(=C(C#N)C#N)s3)c2cc1CCCCCC. The first-order chi connectivity index (χ1) is 20.1. The molecule has 0 radical (unpaired) electrons. The van der Waals surface area contributed by atoms with Crippen molar-refractivity contribution in [3.8, 4) is 24.3 Å². The second-order valence-corrected chi connectivity index (χ2v) is 13.3. The number of benzene rings is 1. The Bertz CT molecular complexity index is 1850. The van der Waals surface area contributed by atoms with E-state index < -0.39 is 0 Å². The molecule has 0 aliphatic heterocycles. The van der Waals surface area contributed by atoms with Gasteiger partial charge in [0.05, 0.1) is 18.1 Å². The predicted molar refractivity (Wildman–Crippen MR) is 170 cm³/mol. The molecule has 206 valence electrons. The van der Waals surface area contributed by atoms with Crippen molar-refractivity contribution in [1.82, 2.24) is 0 Å². The molecule has 1 aromatic carbocycles. The zero-order chi connectivity index (χ0) is 29.2. The van der Waals surface area contributed by atoms with Gasteiger partial charge < -0.3 is 0 Å². The number of hydrogen-bond acceptors (Lipinski definition) is 7. The fourth-order valence-electron chi connectivity index (χ4n) is 5.05. The van der Waals surface area contributed by atoms with Crippen LogP contribution in [-0.2, 0) is 12.8 Å². The number of aryl methyl sites for hydroxylation is 2. The van der Waals surface area contributed by atoms with Crippen molar-refractivity contribution in [2.45, 2.75) is 78.1 Å². The van der Waals surface area contributed by atoms with Crippen molar-refractivity contribution in [1.29, 1.82) is 21.0 Å². The van der Waals surface area contributed by atoms with E-state index in [1.807, 2.05) is 48.5 Å². The molecule has 3 heterocycles. The minimum atomic E-state index is 0.132. The van der Waals surface area contributed by atoms with Gasteiger partial charge in [0.25, 0.3) is 0 Å². The second kappa shape index (κ2) is 14.8. The Balaban J connectivity index is 2.09. The molecule has 0 fully saturated rings. The van der Waals surface area contributed by atoms with Crippen molar-refractivity contribution in [2.75, 3.05) is 0 Å². The third-order valence-corrected chi connectivity index (χ3v) is 11.0. The molecule has 0 N–H and O–H groups in total. The van der Waals surface area contributed by atoms with Crippen LogP contribution in [0.1, 0.15) is 76.3 Å². The zero-order valence-electron chi connectivity index (χ0n) is 23.5. The minimum absolute atomic E-state index is 0.132. The topological polar surface area (TPSA) is 95.2 Å². The summed E-state index contributed by atoms with van der Waals surface area (Å²) in [7, 11) is 0. The first kappa shape index (κ1) is 30.2. The Morgan fingerprint density at radius 3 is 1.34 bits per heavy atom. The van der Waals surface area contributed by atoms with Crippen LogP contribution in [0.15, 0.2) is 36.4 Å². The van der Waals surface area contributed by atoms with Gasteiger partial charge in [-0.15, -0.1) is 34.0 Å². The third-order valence-electron chi connectivity index (χ3n) is 7.23. The molecular formula is C34H32N4S3. The highest BCUT2D eigenvalue weighted by Gasteiger charge is 2.12. The fourth-order valence-corrected chi connectivity index (χ4v) is 8.46. The van der Waals surface area contributed by atoms with E-state index in [1.54, 1.807) is 11.3 Å². The molecule has 0 bridgehead atoms. The van der Waals surface area contributed by atoms with E-state index in [1.165, 1.54) is 95.9 Å². The summed E-state index contributed by atoms with van der Waals surface area (Å²) in [5.74, 6) is 0. The van der Waals surface area contributed by atoms with Gasteiger partial charge in [-0.3, -0.25) is 0 Å². The first-order valence-electron chi connectivity index (χ1n) is 14.2. The number of nitriles is 4. The predicted octanol–water partition coefficient (Wildman–Crippen LogP) is 8.24. The number of unbranched alkanes of at least 4 members (excludes halogenated alkanes) is 6. The molecule has 0 saturated carbocycles. The normalized spacial score (nSPS) is 12.3. The largest absolute Gasteiger partial charge is 0.192 e. The van der Waals surface area contributed by atoms with Gasteiger partial charge in [-0.25, -0.2) is 0 Å². The van der Waals surface area contributed by atoms with Crippen LogP contribution in [0.25, 0.3) is 21.9 Å². The molecule has 0 aliphatic carbocycles. The summed E-state index contributed by atoms with van der Waals surface area (Å²) in [6.07, 6.45) is 11.9. The van der Waals surface area contributed by atoms with E-state index in [4.69, 9.17) is 0 Å². The molecule has 0 unspecified atom stereocenters. The Labute approximate surface area is 253 Å². The zero-order valence-corrected chi connectivity index (χ0v) is 26.0. The molecule has 4 nitrogen and oxygen atoms in total. The Hall–Kier alpha value is -3.72. The Morgan fingerprint density at radius 1 is 0.561 bits per heavy atom. The summed E-state index contributed by atoms with van der Waals surface area (Å²) < 4.78 is 5.70. The lowest BCUT2D eigenvalue weighted by Gasteiger charge is -2.11. The number of rotatable bonds is 10. The lowest BCUT2D eigenvalue weighted by Crippen LogP contribution is -1.96. The van der Waals surface area contributed by atoms with E-state index in [0.29, 0.717) is 9.06 Å². The van der Waals surface area contributed by atoms with Gasteiger partial charge in [0, 0.05) is 19.8 Å². The van der Waals surface area contributed by atoms with Crippen molar-refractivity contribution in [2.24, 2.45) is 0 Å². The van der Waals surface area contributed by atoms with Crippen LogP contribution in [0.4, 0.5) is 0 Å². The molecule has 4 rings (SSSR count). The standard InChI is InChI=1S/C34H32N4S3/c1-3-5-7-9-11-23-17-27-28(18-24(23)12-10-8-6-4-2)34(32-16-14-30(40-32)26(21-37)22-38)41-33(27)31-15-13-29(39-31)25(19-35)20-36/h13-18H,3-12H2,1-2H3/b33-31-,34-32+. The lowest BCUT2D eigenvalue weighted by atomic mass is 9.94. The van der Waals surface area contributed by atoms with E-state index in [0.717, 1.165) is 31.0 Å². The first-order valence-corrected chi connectivity index (χ1v) is 16.7. The number of hydrogen-bond donors (Lipinski definition) is 0. The number of fused-ring (bicyclic) bond motifs is 1. The van der Waals surface area contributed by atoms with Crippen molar-refractivity contribution < 1.29 is 0 Å². The molecular weight excluding hydrogens is 561 g/mol. The maximum Gasteiger partial charge on any atom is 0.146 e. The highest BCUT2D eigenvalue weighted by atomic mass is 32.1. The van der Waals surface area contributed by atoms with Crippen molar-refractivity contribution >= 4 is 55.9 Å². The fraction of sp³-hybridized carbons (Fsp3) is 0.353. The average Bonchev–Trinajstić information content (AvgIpc) is 3.74. The van der Waals surface area contributed by atoms with Gasteiger partial charge >= 0.3 is 0 Å². The van der Waals surface area contributed by atoms with Gasteiger partial charge in [0.2, 0.25) is 0 Å². The highest BCUT2D eigenvalue weighted by molar-refractivity contribution is 7.14. The Morgan fingerprint density at radius 2 is 0.976 bits per heavy atom. The molecule has 0 spiro atoms. The average molecular weight is 593 g/mol. The Kier molecular flexibility index (Phi) is 10.9. The van der Waals surface area contributed by atoms with Crippen LogP contribution in [0, 0.1) is 63.5 Å². The highest BCUT2D eigenvalue weighted by Crippen LogP contribution is 2.31. The molecule has 0 aliphatic rings. The summed E-state index contributed by atoms with van der Waals surface area (Å²) in [5, 5.41) is 40.0. The summed E-state index contributed by atoms with van der Waals surface area (Å²) in [4.78, 5) is 0. The summed E-state index contributed by atoms with van der Waals surface area (Å²) in [5.41, 5.74) is 3.11. The van der Waals surface area contributed by atoms with Crippen LogP contribution in [0.3, 0.4) is 0 Å². The lowest BCUT2D eigenvalue weighted by molar-refractivity contribution is 0.651. The van der Waals surface area contributed by atoms with E-state index >= 15 is 0 Å². The van der Waals surface area contributed by atoms with Crippen LogP contribution in [0.2, 0.25) is 0 Å². The van der Waals surface area contributed by atoms with Crippen molar-refractivity contribution in [3.63, 3.8) is 0 Å². The van der Waals surface area contributed by atoms with Gasteiger partial charge in [0.15, 0.2) is 0 Å². The van der Waals surface area contributed by atoms with Gasteiger partial charge in [-0.05, 0) is 73.2 Å². The third kappa shape index (κ3) is 6.96. The molecule has 3 aromatic heterocycles. The molecule has 0 saturated heterocycles. The maximum absolute atomic E-state index is 9.42. The summed E-state index contributed by atoms with van der Waals surface area (Å²) in [6.45, 7) is 4.48. The quantitative estimate of drug-likeness (QED) is 0.173. The molecule has 4 aromatic rings. The summed E-state index contributed by atoms with van der Waals surface area (Å²) >= 11 is 4.67. The van der Waals surface area contributed by atoms with Crippen molar-refractivity contribution in [3.05, 3.63) is 74.7 Å². The molecule has 7 heteroatoms. The van der Waals surface area contributed by atoms with E-state index in [-0.39, 0.29) is 11.1 Å². The molecule has 41 heavy (non-hydrogen) atoms. The van der Waals surface area contributed by atoms with Crippen LogP contribution < -0.4 is 9.06 Å². The summed E-state index contributed by atoms with van der Waals surface area (Å²) in [6, 6.07) is 20.6. The van der Waals surface area contributed by atoms with Gasteiger partial charge in [0.1, 0.15) is 35.4 Å². The maximum atomic E-state index is 9.42. The van der Waals surface area contributed by atoms with Crippen LogP contribution in [0.5, 0.6) is 0 Å². The van der Waals surface area contributed by atoms with Gasteiger partial charge in [-0.2, -0.15) is 21.0 Å². The van der Waals surface area contributed by atoms with Gasteiger partial charge in [-0.1, -0.05) is 52.4 Å². The van der Waals surface area contributed by atoms with E-state index in [2.05, 4.69) is 26.0 Å².